The number of carbonyl (C=O) groups excluding carboxylic acids is 1. The third kappa shape index (κ3) is 3.14. The molecule has 1 aliphatic heterocycles. The first-order valence-corrected chi connectivity index (χ1v) is 6.85. The Balaban J connectivity index is 2.13. The third-order valence-corrected chi connectivity index (χ3v) is 3.75. The molecular weight excluding hydrogens is 258 g/mol. The molecule has 1 unspecified atom stereocenters. The minimum Gasteiger partial charge on any atom is -0.338 e. The van der Waals surface area contributed by atoms with Gasteiger partial charge in [0.1, 0.15) is 0 Å². The van der Waals surface area contributed by atoms with Crippen molar-refractivity contribution in [2.24, 2.45) is 5.73 Å². The van der Waals surface area contributed by atoms with Crippen LogP contribution in [0.5, 0.6) is 0 Å². The summed E-state index contributed by atoms with van der Waals surface area (Å²) in [5.74, 6) is -0.0746. The fourth-order valence-corrected chi connectivity index (χ4v) is 2.68. The SMILES string of the molecule is NCC1CCCCN1C(=O)Cc1ccccc1[N+](=O)[O-]. The number of rotatable bonds is 4. The Bertz CT molecular complexity index is 504. The molecular formula is C14H19N3O3. The maximum atomic E-state index is 12.4. The Kier molecular flexibility index (Phi) is 4.68. The van der Waals surface area contributed by atoms with Crippen LogP contribution in [0.25, 0.3) is 0 Å². The number of para-hydroxylation sites is 1. The number of carbonyl (C=O) groups is 1. The topological polar surface area (TPSA) is 89.5 Å². The smallest absolute Gasteiger partial charge is 0.273 e. The van der Waals surface area contributed by atoms with E-state index in [0.29, 0.717) is 18.7 Å². The molecule has 1 aliphatic rings. The van der Waals surface area contributed by atoms with E-state index < -0.39 is 4.92 Å². The lowest BCUT2D eigenvalue weighted by Crippen LogP contribution is -2.48. The number of likely N-dealkylation sites (tertiary alicyclic amines) is 1. The van der Waals surface area contributed by atoms with E-state index in [0.717, 1.165) is 19.3 Å². The summed E-state index contributed by atoms with van der Waals surface area (Å²) >= 11 is 0. The first-order chi connectivity index (χ1) is 9.63. The van der Waals surface area contributed by atoms with E-state index in [-0.39, 0.29) is 24.1 Å². The molecule has 0 aliphatic carbocycles. The molecule has 108 valence electrons. The lowest BCUT2D eigenvalue weighted by Gasteiger charge is -2.35. The molecule has 0 aromatic heterocycles. The molecule has 1 fully saturated rings. The van der Waals surface area contributed by atoms with Crippen LogP contribution >= 0.6 is 0 Å². The van der Waals surface area contributed by atoms with Crippen molar-refractivity contribution in [3.8, 4) is 0 Å². The number of nitrogens with two attached hydrogens (primary N) is 1. The van der Waals surface area contributed by atoms with Crippen molar-refractivity contribution < 1.29 is 9.72 Å². The van der Waals surface area contributed by atoms with Gasteiger partial charge in [-0.25, -0.2) is 0 Å². The van der Waals surface area contributed by atoms with Gasteiger partial charge in [-0.15, -0.1) is 0 Å². The molecule has 0 saturated carbocycles. The van der Waals surface area contributed by atoms with Gasteiger partial charge in [-0.3, -0.25) is 14.9 Å². The van der Waals surface area contributed by atoms with Crippen molar-refractivity contribution in [2.75, 3.05) is 13.1 Å². The van der Waals surface area contributed by atoms with Crippen LogP contribution in [0.3, 0.4) is 0 Å². The van der Waals surface area contributed by atoms with E-state index >= 15 is 0 Å². The zero-order valence-corrected chi connectivity index (χ0v) is 11.3. The second kappa shape index (κ2) is 6.47. The molecule has 0 bridgehead atoms. The second-order valence-electron chi connectivity index (χ2n) is 5.04. The van der Waals surface area contributed by atoms with Crippen molar-refractivity contribution in [1.82, 2.24) is 4.90 Å². The summed E-state index contributed by atoms with van der Waals surface area (Å²) in [7, 11) is 0. The highest BCUT2D eigenvalue weighted by Crippen LogP contribution is 2.21. The number of nitrogens with zero attached hydrogens (tertiary/aromatic N) is 2. The van der Waals surface area contributed by atoms with Crippen molar-refractivity contribution in [1.29, 1.82) is 0 Å². The van der Waals surface area contributed by atoms with Gasteiger partial charge in [-0.1, -0.05) is 18.2 Å². The summed E-state index contributed by atoms with van der Waals surface area (Å²) in [4.78, 5) is 24.7. The maximum Gasteiger partial charge on any atom is 0.273 e. The molecule has 2 rings (SSSR count). The monoisotopic (exact) mass is 277 g/mol. The number of nitro benzene ring substituents is 1. The van der Waals surface area contributed by atoms with Gasteiger partial charge in [-0.2, -0.15) is 0 Å². The van der Waals surface area contributed by atoms with Crippen molar-refractivity contribution in [3.05, 3.63) is 39.9 Å². The highest BCUT2D eigenvalue weighted by atomic mass is 16.6. The molecule has 1 aromatic carbocycles. The molecule has 6 nitrogen and oxygen atoms in total. The van der Waals surface area contributed by atoms with E-state index in [1.54, 1.807) is 23.1 Å². The van der Waals surface area contributed by atoms with Crippen LogP contribution in [0.4, 0.5) is 5.69 Å². The lowest BCUT2D eigenvalue weighted by atomic mass is 10.0. The second-order valence-corrected chi connectivity index (χ2v) is 5.04. The van der Waals surface area contributed by atoms with Gasteiger partial charge in [0.2, 0.25) is 5.91 Å². The molecule has 6 heteroatoms. The fourth-order valence-electron chi connectivity index (χ4n) is 2.68. The Labute approximate surface area is 117 Å². The quantitative estimate of drug-likeness (QED) is 0.666. The van der Waals surface area contributed by atoms with Crippen LogP contribution in [-0.4, -0.2) is 34.9 Å². The Morgan fingerprint density at radius 3 is 2.85 bits per heavy atom. The zero-order chi connectivity index (χ0) is 14.5. The van der Waals surface area contributed by atoms with Gasteiger partial charge in [-0.05, 0) is 19.3 Å². The van der Waals surface area contributed by atoms with Crippen LogP contribution in [0.15, 0.2) is 24.3 Å². The molecule has 1 amide bonds. The standard InChI is InChI=1S/C14H19N3O3/c15-10-12-6-3-4-8-16(12)14(18)9-11-5-1-2-7-13(11)17(19)20/h1-2,5,7,12H,3-4,6,8-10,15H2. The zero-order valence-electron chi connectivity index (χ0n) is 11.3. The number of piperidine rings is 1. The van der Waals surface area contributed by atoms with Crippen LogP contribution in [0.1, 0.15) is 24.8 Å². The average Bonchev–Trinajstić information content (AvgIpc) is 2.47. The maximum absolute atomic E-state index is 12.4. The average molecular weight is 277 g/mol. The van der Waals surface area contributed by atoms with Gasteiger partial charge in [0.25, 0.3) is 5.69 Å². The Hall–Kier alpha value is -1.95. The largest absolute Gasteiger partial charge is 0.338 e. The van der Waals surface area contributed by atoms with E-state index in [2.05, 4.69) is 0 Å². The van der Waals surface area contributed by atoms with E-state index in [9.17, 15) is 14.9 Å². The Morgan fingerprint density at radius 2 is 2.15 bits per heavy atom. The molecule has 1 heterocycles. The summed E-state index contributed by atoms with van der Waals surface area (Å²) in [6, 6.07) is 6.46. The molecule has 0 radical (unpaired) electrons. The van der Waals surface area contributed by atoms with Crippen molar-refractivity contribution in [2.45, 2.75) is 31.7 Å². The van der Waals surface area contributed by atoms with Gasteiger partial charge in [0, 0.05) is 30.8 Å². The van der Waals surface area contributed by atoms with Crippen molar-refractivity contribution >= 4 is 11.6 Å². The molecule has 1 atom stereocenters. The van der Waals surface area contributed by atoms with Gasteiger partial charge in [0.15, 0.2) is 0 Å². The number of amides is 1. The van der Waals surface area contributed by atoms with Crippen LogP contribution in [-0.2, 0) is 11.2 Å². The van der Waals surface area contributed by atoms with Gasteiger partial charge >= 0.3 is 0 Å². The third-order valence-electron chi connectivity index (χ3n) is 3.75. The van der Waals surface area contributed by atoms with E-state index in [1.807, 2.05) is 0 Å². The minimum atomic E-state index is -0.445. The number of hydrogen-bond donors (Lipinski definition) is 1. The highest BCUT2D eigenvalue weighted by molar-refractivity contribution is 5.80. The number of benzene rings is 1. The van der Waals surface area contributed by atoms with Crippen LogP contribution in [0, 0.1) is 10.1 Å². The van der Waals surface area contributed by atoms with Crippen LogP contribution < -0.4 is 5.73 Å². The molecule has 0 spiro atoms. The summed E-state index contributed by atoms with van der Waals surface area (Å²) in [5.41, 5.74) is 6.16. The molecule has 2 N–H and O–H groups in total. The molecule has 1 aromatic rings. The number of hydrogen-bond acceptors (Lipinski definition) is 4. The van der Waals surface area contributed by atoms with Crippen molar-refractivity contribution in [3.63, 3.8) is 0 Å². The normalized spacial score (nSPS) is 18.9. The Morgan fingerprint density at radius 1 is 1.40 bits per heavy atom. The first kappa shape index (κ1) is 14.5. The highest BCUT2D eigenvalue weighted by Gasteiger charge is 2.27. The fraction of sp³-hybridized carbons (Fsp3) is 0.500. The molecule has 20 heavy (non-hydrogen) atoms. The number of nitro groups is 1. The van der Waals surface area contributed by atoms with Crippen LogP contribution in [0.2, 0.25) is 0 Å². The summed E-state index contributed by atoms with van der Waals surface area (Å²) in [5, 5.41) is 11.0. The van der Waals surface area contributed by atoms with Gasteiger partial charge < -0.3 is 10.6 Å². The van der Waals surface area contributed by atoms with Gasteiger partial charge in [0.05, 0.1) is 11.3 Å². The predicted molar refractivity (Wildman–Crippen MR) is 75.2 cm³/mol. The minimum absolute atomic E-state index is 0.00200. The van der Waals surface area contributed by atoms with E-state index in [4.69, 9.17) is 5.73 Å². The lowest BCUT2D eigenvalue weighted by molar-refractivity contribution is -0.385. The van der Waals surface area contributed by atoms with E-state index in [1.165, 1.54) is 6.07 Å². The summed E-state index contributed by atoms with van der Waals surface area (Å²) in [6.07, 6.45) is 3.03. The molecule has 1 saturated heterocycles. The first-order valence-electron chi connectivity index (χ1n) is 6.85. The summed E-state index contributed by atoms with van der Waals surface area (Å²) in [6.45, 7) is 1.14. The summed E-state index contributed by atoms with van der Waals surface area (Å²) < 4.78 is 0. The predicted octanol–water partition coefficient (Wildman–Crippen LogP) is 1.48.